The predicted molar refractivity (Wildman–Crippen MR) is 110 cm³/mol. The van der Waals surface area contributed by atoms with Crippen molar-refractivity contribution in [3.05, 3.63) is 54.6 Å². The molecule has 2 aromatic heterocycles. The van der Waals surface area contributed by atoms with Gasteiger partial charge >= 0.3 is 0 Å². The summed E-state index contributed by atoms with van der Waals surface area (Å²) in [6.07, 6.45) is 3.45. The van der Waals surface area contributed by atoms with E-state index in [1.54, 1.807) is 24.5 Å². The van der Waals surface area contributed by atoms with E-state index in [1.807, 2.05) is 28.6 Å². The quantitative estimate of drug-likeness (QED) is 0.600. The van der Waals surface area contributed by atoms with Gasteiger partial charge in [-0.2, -0.15) is 0 Å². The number of halogens is 1. The van der Waals surface area contributed by atoms with Gasteiger partial charge in [-0.15, -0.1) is 10.2 Å². The smallest absolute Gasteiger partial charge is 0.233 e. The Hall–Kier alpha value is -2.94. The number of piperazine rings is 1. The molecule has 3 aromatic rings. The maximum atomic E-state index is 13.1. The van der Waals surface area contributed by atoms with E-state index >= 15 is 0 Å². The number of nitrogens with zero attached hydrogens (tertiary/aromatic N) is 6. The topological polar surface area (TPSA) is 67.2 Å². The molecule has 0 spiro atoms. The molecule has 150 valence electrons. The molecule has 1 amide bonds. The fraction of sp³-hybridized carbons (Fsp3) is 0.300. The zero-order valence-corrected chi connectivity index (χ0v) is 16.8. The van der Waals surface area contributed by atoms with Gasteiger partial charge in [-0.05, 0) is 36.4 Å². The van der Waals surface area contributed by atoms with Crippen molar-refractivity contribution in [2.75, 3.05) is 36.8 Å². The molecule has 0 aliphatic carbocycles. The Labute approximate surface area is 172 Å². The van der Waals surface area contributed by atoms with E-state index in [2.05, 4.69) is 20.1 Å². The van der Waals surface area contributed by atoms with Gasteiger partial charge in [0.05, 0.1) is 5.75 Å². The zero-order chi connectivity index (χ0) is 20.2. The highest BCUT2D eigenvalue weighted by atomic mass is 32.2. The fourth-order valence-corrected chi connectivity index (χ4v) is 4.08. The summed E-state index contributed by atoms with van der Waals surface area (Å²) in [5.74, 6) is 0.880. The second kappa shape index (κ2) is 8.60. The van der Waals surface area contributed by atoms with Gasteiger partial charge < -0.3 is 14.4 Å². The summed E-state index contributed by atoms with van der Waals surface area (Å²) in [6.45, 7) is 2.77. The van der Waals surface area contributed by atoms with Crippen LogP contribution in [-0.4, -0.2) is 62.5 Å². The van der Waals surface area contributed by atoms with Crippen LogP contribution in [0.15, 0.2) is 53.9 Å². The first-order valence-corrected chi connectivity index (χ1v) is 10.3. The average molecular weight is 412 g/mol. The van der Waals surface area contributed by atoms with Crippen LogP contribution < -0.4 is 4.90 Å². The Bertz CT molecular complexity index is 970. The van der Waals surface area contributed by atoms with Gasteiger partial charge in [0.15, 0.2) is 11.0 Å². The van der Waals surface area contributed by atoms with Gasteiger partial charge in [-0.25, -0.2) is 4.39 Å². The molecular formula is C20H21FN6OS. The molecule has 1 aromatic carbocycles. The van der Waals surface area contributed by atoms with Gasteiger partial charge in [0.25, 0.3) is 0 Å². The molecule has 1 aliphatic heterocycles. The first-order valence-electron chi connectivity index (χ1n) is 9.33. The summed E-state index contributed by atoms with van der Waals surface area (Å²) >= 11 is 1.39. The number of pyridine rings is 1. The van der Waals surface area contributed by atoms with Crippen molar-refractivity contribution < 1.29 is 9.18 Å². The Kier molecular flexibility index (Phi) is 5.75. The second-order valence-electron chi connectivity index (χ2n) is 6.74. The number of aromatic nitrogens is 4. The van der Waals surface area contributed by atoms with Crippen LogP contribution in [0.4, 0.5) is 10.1 Å². The number of carbonyl (C=O) groups excluding carboxylic acids is 1. The molecule has 0 saturated carbocycles. The normalized spacial score (nSPS) is 14.3. The van der Waals surface area contributed by atoms with Crippen LogP contribution >= 0.6 is 11.8 Å². The largest absolute Gasteiger partial charge is 0.368 e. The van der Waals surface area contributed by atoms with Gasteiger partial charge in [0, 0.05) is 56.9 Å². The molecular weight excluding hydrogens is 391 g/mol. The predicted octanol–water partition coefficient (Wildman–Crippen LogP) is 2.46. The van der Waals surface area contributed by atoms with Crippen molar-refractivity contribution in [2.45, 2.75) is 5.16 Å². The number of carbonyl (C=O) groups is 1. The van der Waals surface area contributed by atoms with Crippen LogP contribution in [0.2, 0.25) is 0 Å². The van der Waals surface area contributed by atoms with E-state index in [0.29, 0.717) is 24.0 Å². The molecule has 1 saturated heterocycles. The summed E-state index contributed by atoms with van der Waals surface area (Å²) in [4.78, 5) is 20.8. The van der Waals surface area contributed by atoms with Crippen LogP contribution in [0.25, 0.3) is 11.4 Å². The van der Waals surface area contributed by atoms with Crippen LogP contribution in [0.3, 0.4) is 0 Å². The molecule has 4 rings (SSSR count). The maximum absolute atomic E-state index is 13.1. The highest BCUT2D eigenvalue weighted by Crippen LogP contribution is 2.23. The van der Waals surface area contributed by atoms with Gasteiger partial charge in [-0.1, -0.05) is 11.8 Å². The summed E-state index contributed by atoms with van der Waals surface area (Å²) in [7, 11) is 1.89. The number of rotatable bonds is 5. The lowest BCUT2D eigenvalue weighted by Crippen LogP contribution is -2.49. The molecule has 0 atom stereocenters. The summed E-state index contributed by atoms with van der Waals surface area (Å²) < 4.78 is 15.0. The first-order chi connectivity index (χ1) is 14.1. The lowest BCUT2D eigenvalue weighted by molar-refractivity contribution is -0.128. The van der Waals surface area contributed by atoms with E-state index in [4.69, 9.17) is 0 Å². The fourth-order valence-electron chi connectivity index (χ4n) is 3.27. The minimum atomic E-state index is -0.241. The third-order valence-electron chi connectivity index (χ3n) is 4.90. The number of thioether (sulfide) groups is 1. The molecule has 1 fully saturated rings. The van der Waals surface area contributed by atoms with E-state index in [0.717, 1.165) is 30.2 Å². The molecule has 0 N–H and O–H groups in total. The lowest BCUT2D eigenvalue weighted by Gasteiger charge is -2.36. The van der Waals surface area contributed by atoms with Crippen LogP contribution in [0, 0.1) is 5.82 Å². The molecule has 9 heteroatoms. The SMILES string of the molecule is Cn1c(SCC(=O)N2CCN(c3ccc(F)cc3)CC2)nnc1-c1cccnc1. The zero-order valence-electron chi connectivity index (χ0n) is 16.0. The average Bonchev–Trinajstić information content (AvgIpc) is 3.13. The van der Waals surface area contributed by atoms with Crippen LogP contribution in [-0.2, 0) is 11.8 Å². The summed E-state index contributed by atoms with van der Waals surface area (Å²) in [6, 6.07) is 10.3. The molecule has 0 unspecified atom stereocenters. The number of hydrogen-bond donors (Lipinski definition) is 0. The van der Waals surface area contributed by atoms with Gasteiger partial charge in [-0.3, -0.25) is 9.78 Å². The molecule has 29 heavy (non-hydrogen) atoms. The van der Waals surface area contributed by atoms with E-state index in [9.17, 15) is 9.18 Å². The van der Waals surface area contributed by atoms with Crippen molar-refractivity contribution in [3.63, 3.8) is 0 Å². The van der Waals surface area contributed by atoms with E-state index < -0.39 is 0 Å². The van der Waals surface area contributed by atoms with Crippen molar-refractivity contribution in [1.29, 1.82) is 0 Å². The highest BCUT2D eigenvalue weighted by molar-refractivity contribution is 7.99. The second-order valence-corrected chi connectivity index (χ2v) is 7.68. The maximum Gasteiger partial charge on any atom is 0.233 e. The Morgan fingerprint density at radius 3 is 2.55 bits per heavy atom. The number of benzene rings is 1. The van der Waals surface area contributed by atoms with E-state index in [-0.39, 0.29) is 11.7 Å². The lowest BCUT2D eigenvalue weighted by atomic mass is 10.2. The number of hydrogen-bond acceptors (Lipinski definition) is 6. The highest BCUT2D eigenvalue weighted by Gasteiger charge is 2.22. The summed E-state index contributed by atoms with van der Waals surface area (Å²) in [5, 5.41) is 9.12. The summed E-state index contributed by atoms with van der Waals surface area (Å²) in [5.41, 5.74) is 1.87. The van der Waals surface area contributed by atoms with Gasteiger partial charge in [0.1, 0.15) is 5.82 Å². The monoisotopic (exact) mass is 412 g/mol. The Morgan fingerprint density at radius 2 is 1.86 bits per heavy atom. The number of amides is 1. The third-order valence-corrected chi connectivity index (χ3v) is 5.91. The van der Waals surface area contributed by atoms with Crippen molar-refractivity contribution in [2.24, 2.45) is 7.05 Å². The van der Waals surface area contributed by atoms with Crippen molar-refractivity contribution in [1.82, 2.24) is 24.6 Å². The van der Waals surface area contributed by atoms with Crippen LogP contribution in [0.1, 0.15) is 0 Å². The molecule has 3 heterocycles. The minimum absolute atomic E-state index is 0.0830. The van der Waals surface area contributed by atoms with E-state index in [1.165, 1.54) is 23.9 Å². The third kappa shape index (κ3) is 4.40. The van der Waals surface area contributed by atoms with Crippen molar-refractivity contribution in [3.8, 4) is 11.4 Å². The Morgan fingerprint density at radius 1 is 1.10 bits per heavy atom. The minimum Gasteiger partial charge on any atom is -0.368 e. The Balaban J connectivity index is 1.31. The molecule has 7 nitrogen and oxygen atoms in total. The first kappa shape index (κ1) is 19.4. The van der Waals surface area contributed by atoms with Gasteiger partial charge in [0.2, 0.25) is 5.91 Å². The molecule has 0 radical (unpaired) electrons. The van der Waals surface area contributed by atoms with Crippen LogP contribution in [0.5, 0.6) is 0 Å². The standard InChI is InChI=1S/C20H21FN6OS/c1-25-19(15-3-2-8-22-13-15)23-24-20(25)29-14-18(28)27-11-9-26(10-12-27)17-6-4-16(21)5-7-17/h2-8,13H,9-12,14H2,1H3. The molecule has 0 bridgehead atoms. The van der Waals surface area contributed by atoms with Crippen molar-refractivity contribution >= 4 is 23.4 Å². The number of anilines is 1. The molecule has 1 aliphatic rings.